The van der Waals surface area contributed by atoms with Gasteiger partial charge in [0.15, 0.2) is 0 Å². The summed E-state index contributed by atoms with van der Waals surface area (Å²) in [4.78, 5) is 28.0. The number of hydrogen-bond donors (Lipinski definition) is 1. The van der Waals surface area contributed by atoms with E-state index in [1.807, 2.05) is 43.3 Å². The molecule has 0 aromatic heterocycles. The van der Waals surface area contributed by atoms with Crippen molar-refractivity contribution in [2.24, 2.45) is 0 Å². The second kappa shape index (κ2) is 7.69. The van der Waals surface area contributed by atoms with Crippen LogP contribution in [0, 0.1) is 11.3 Å². The molecule has 1 heterocycles. The van der Waals surface area contributed by atoms with E-state index in [0.717, 1.165) is 5.56 Å². The van der Waals surface area contributed by atoms with Gasteiger partial charge in [-0.3, -0.25) is 9.59 Å². The summed E-state index contributed by atoms with van der Waals surface area (Å²) in [7, 11) is 0. The molecule has 0 radical (unpaired) electrons. The lowest BCUT2D eigenvalue weighted by Crippen LogP contribution is -2.65. The van der Waals surface area contributed by atoms with Gasteiger partial charge in [0.25, 0.3) is 11.8 Å². The van der Waals surface area contributed by atoms with Gasteiger partial charge in [0.1, 0.15) is 11.2 Å². The summed E-state index contributed by atoms with van der Waals surface area (Å²) >= 11 is 0. The molecule has 1 atom stereocenters. The normalized spacial score (nSPS) is 21.1. The number of nitrogens with one attached hydrogen (secondary N) is 1. The van der Waals surface area contributed by atoms with E-state index in [9.17, 15) is 14.9 Å². The lowest BCUT2D eigenvalue weighted by atomic mass is 9.86. The first-order valence-corrected chi connectivity index (χ1v) is 9.30. The van der Waals surface area contributed by atoms with Crippen molar-refractivity contribution in [3.63, 3.8) is 0 Å². The van der Waals surface area contributed by atoms with Gasteiger partial charge in [0.2, 0.25) is 0 Å². The monoisotopic (exact) mass is 373 g/mol. The van der Waals surface area contributed by atoms with Gasteiger partial charge in [-0.2, -0.15) is 5.26 Å². The van der Waals surface area contributed by atoms with Crippen molar-refractivity contribution in [1.82, 2.24) is 10.2 Å². The zero-order chi connectivity index (χ0) is 20.3. The molecule has 1 unspecified atom stereocenters. The minimum atomic E-state index is -0.980. The van der Waals surface area contributed by atoms with E-state index in [1.54, 1.807) is 36.9 Å². The number of nitrogens with zero attached hydrogens (tertiary/aromatic N) is 2. The number of carbonyl (C=O) groups excluding carboxylic acids is 2. The van der Waals surface area contributed by atoms with Gasteiger partial charge in [-0.1, -0.05) is 48.5 Å². The Labute approximate surface area is 165 Å². The summed E-state index contributed by atoms with van der Waals surface area (Å²) in [5, 5.41) is 12.2. The highest BCUT2D eigenvalue weighted by Gasteiger charge is 2.47. The molecule has 1 saturated heterocycles. The van der Waals surface area contributed by atoms with Gasteiger partial charge < -0.3 is 10.2 Å². The van der Waals surface area contributed by atoms with Gasteiger partial charge in [-0.25, -0.2) is 0 Å². The SMILES string of the molecule is CCN1C(=O)C(=C(C)c2ccccc2C#N)NC(=O)C1(C)Cc1ccccc1. The minimum absolute atomic E-state index is 0.221. The fourth-order valence-electron chi connectivity index (χ4n) is 3.74. The first-order valence-electron chi connectivity index (χ1n) is 9.30. The third kappa shape index (κ3) is 3.29. The van der Waals surface area contributed by atoms with Crippen LogP contribution in [-0.2, 0) is 16.0 Å². The smallest absolute Gasteiger partial charge is 0.271 e. The molecule has 0 bridgehead atoms. The Hall–Kier alpha value is -3.39. The third-order valence-corrected chi connectivity index (χ3v) is 5.32. The Bertz CT molecular complexity index is 988. The van der Waals surface area contributed by atoms with Crippen LogP contribution in [-0.4, -0.2) is 28.8 Å². The van der Waals surface area contributed by atoms with Crippen molar-refractivity contribution in [3.05, 3.63) is 77.0 Å². The Kier molecular flexibility index (Phi) is 5.32. The van der Waals surface area contributed by atoms with Crippen LogP contribution in [0.15, 0.2) is 60.3 Å². The average molecular weight is 373 g/mol. The van der Waals surface area contributed by atoms with E-state index in [4.69, 9.17) is 0 Å². The van der Waals surface area contributed by atoms with Crippen LogP contribution in [0.25, 0.3) is 5.57 Å². The second-order valence-electron chi connectivity index (χ2n) is 7.10. The van der Waals surface area contributed by atoms with Crippen molar-refractivity contribution in [3.8, 4) is 6.07 Å². The number of hydrogen-bond acceptors (Lipinski definition) is 3. The highest BCUT2D eigenvalue weighted by Crippen LogP contribution is 2.30. The molecule has 0 spiro atoms. The van der Waals surface area contributed by atoms with E-state index in [-0.39, 0.29) is 17.5 Å². The maximum absolute atomic E-state index is 13.3. The molecule has 2 aromatic carbocycles. The average Bonchev–Trinajstić information content (AvgIpc) is 2.71. The lowest BCUT2D eigenvalue weighted by molar-refractivity contribution is -0.148. The molecule has 2 amide bonds. The number of piperazine rings is 1. The van der Waals surface area contributed by atoms with Crippen LogP contribution < -0.4 is 5.32 Å². The summed E-state index contributed by atoms with van der Waals surface area (Å²) in [6.45, 7) is 5.84. The second-order valence-corrected chi connectivity index (χ2v) is 7.10. The molecule has 1 N–H and O–H groups in total. The third-order valence-electron chi connectivity index (χ3n) is 5.32. The molecule has 142 valence electrons. The molecule has 28 heavy (non-hydrogen) atoms. The quantitative estimate of drug-likeness (QED) is 0.836. The molecule has 5 nitrogen and oxygen atoms in total. The van der Waals surface area contributed by atoms with Gasteiger partial charge in [0.05, 0.1) is 11.6 Å². The van der Waals surface area contributed by atoms with Gasteiger partial charge in [-0.15, -0.1) is 0 Å². The molecular formula is C23H23N3O2. The number of allylic oxidation sites excluding steroid dienone is 1. The van der Waals surface area contributed by atoms with Crippen LogP contribution in [0.3, 0.4) is 0 Å². The lowest BCUT2D eigenvalue weighted by Gasteiger charge is -2.44. The number of nitriles is 1. The summed E-state index contributed by atoms with van der Waals surface area (Å²) in [5.41, 5.74) is 1.96. The van der Waals surface area contributed by atoms with Crippen LogP contribution in [0.5, 0.6) is 0 Å². The van der Waals surface area contributed by atoms with E-state index in [2.05, 4.69) is 11.4 Å². The van der Waals surface area contributed by atoms with Crippen molar-refractivity contribution < 1.29 is 9.59 Å². The summed E-state index contributed by atoms with van der Waals surface area (Å²) < 4.78 is 0. The number of benzene rings is 2. The largest absolute Gasteiger partial charge is 0.323 e. The molecule has 1 aliphatic heterocycles. The standard InChI is InChI=1S/C23H23N3O2/c1-4-26-21(27)20(16(2)19-13-9-8-12-18(19)15-24)25-22(28)23(26,3)14-17-10-6-5-7-11-17/h5-13H,4,14H2,1-3H3,(H,25,28). The minimum Gasteiger partial charge on any atom is -0.323 e. The van der Waals surface area contributed by atoms with Crippen molar-refractivity contribution in [2.45, 2.75) is 32.7 Å². The van der Waals surface area contributed by atoms with Crippen LogP contribution >= 0.6 is 0 Å². The summed E-state index contributed by atoms with van der Waals surface area (Å²) in [5.74, 6) is -0.452. The van der Waals surface area contributed by atoms with E-state index >= 15 is 0 Å². The van der Waals surface area contributed by atoms with E-state index in [0.29, 0.717) is 29.7 Å². The van der Waals surface area contributed by atoms with Crippen molar-refractivity contribution in [1.29, 1.82) is 5.26 Å². The van der Waals surface area contributed by atoms with Gasteiger partial charge in [-0.05, 0) is 43.5 Å². The maximum atomic E-state index is 13.3. The maximum Gasteiger partial charge on any atom is 0.271 e. The first kappa shape index (κ1) is 19.4. The van der Waals surface area contributed by atoms with Crippen LogP contribution in [0.2, 0.25) is 0 Å². The molecule has 0 aliphatic carbocycles. The van der Waals surface area contributed by atoms with Crippen LogP contribution in [0.1, 0.15) is 37.5 Å². The summed E-state index contributed by atoms with van der Waals surface area (Å²) in [6.07, 6.45) is 0.431. The van der Waals surface area contributed by atoms with Crippen LogP contribution in [0.4, 0.5) is 0 Å². The topological polar surface area (TPSA) is 73.2 Å². The number of rotatable bonds is 4. The van der Waals surface area contributed by atoms with E-state index < -0.39 is 5.54 Å². The predicted octanol–water partition coefficient (Wildman–Crippen LogP) is 3.27. The number of likely N-dealkylation sites (N-methyl/N-ethyl adjacent to an activating group) is 1. The fourth-order valence-corrected chi connectivity index (χ4v) is 3.74. The summed E-state index contributed by atoms with van der Waals surface area (Å²) in [6, 6.07) is 18.9. The highest BCUT2D eigenvalue weighted by molar-refractivity contribution is 6.10. The molecule has 2 aromatic rings. The van der Waals surface area contributed by atoms with Crippen molar-refractivity contribution >= 4 is 17.4 Å². The van der Waals surface area contributed by atoms with E-state index in [1.165, 1.54) is 0 Å². The van der Waals surface area contributed by atoms with Gasteiger partial charge >= 0.3 is 0 Å². The molecule has 1 aliphatic rings. The van der Waals surface area contributed by atoms with Gasteiger partial charge in [0, 0.05) is 13.0 Å². The molecule has 0 saturated carbocycles. The molecule has 3 rings (SSSR count). The zero-order valence-electron chi connectivity index (χ0n) is 16.3. The Morgan fingerprint density at radius 2 is 1.75 bits per heavy atom. The predicted molar refractivity (Wildman–Crippen MR) is 108 cm³/mol. The molecule has 1 fully saturated rings. The van der Waals surface area contributed by atoms with Crippen molar-refractivity contribution in [2.75, 3.05) is 6.54 Å². The fraction of sp³-hybridized carbons (Fsp3) is 0.261. The molecule has 5 heteroatoms. The molecular weight excluding hydrogens is 350 g/mol. The Balaban J connectivity index is 2.03. The Morgan fingerprint density at radius 3 is 2.39 bits per heavy atom. The zero-order valence-corrected chi connectivity index (χ0v) is 16.3. The number of amides is 2. The first-order chi connectivity index (χ1) is 13.4. The highest BCUT2D eigenvalue weighted by atomic mass is 16.2. The Morgan fingerprint density at radius 1 is 1.11 bits per heavy atom. The number of carbonyl (C=O) groups is 2.